The summed E-state index contributed by atoms with van der Waals surface area (Å²) in [5, 5.41) is 0. The van der Waals surface area contributed by atoms with Crippen molar-refractivity contribution in [1.82, 2.24) is 4.90 Å². The molecule has 1 nitrogen and oxygen atoms in total. The molecular weight excluding hydrogens is 194 g/mol. The fourth-order valence-corrected chi connectivity index (χ4v) is 1.93. The molecule has 1 fully saturated rings. The first-order valence-corrected chi connectivity index (χ1v) is 6.09. The average molecular weight is 217 g/mol. The first-order valence-electron chi connectivity index (χ1n) is 6.09. The molecule has 1 aliphatic rings. The molecule has 0 spiro atoms. The fourth-order valence-electron chi connectivity index (χ4n) is 1.93. The number of nitrogens with zero attached hydrogens (tertiary/aromatic N) is 1. The Kier molecular flexibility index (Phi) is 5.14. The van der Waals surface area contributed by atoms with E-state index in [2.05, 4.69) is 50.1 Å². The Bertz CT molecular complexity index is 330. The minimum atomic E-state index is 0.970. The summed E-state index contributed by atoms with van der Waals surface area (Å²) in [6.45, 7) is 12.6. The third kappa shape index (κ3) is 4.55. The number of allylic oxidation sites excluding steroid dienone is 3. The van der Waals surface area contributed by atoms with Crippen LogP contribution in [0.5, 0.6) is 0 Å². The van der Waals surface area contributed by atoms with Crippen LogP contribution in [0, 0.1) is 0 Å². The lowest BCUT2D eigenvalue weighted by Crippen LogP contribution is -2.18. The van der Waals surface area contributed by atoms with Gasteiger partial charge in [-0.15, -0.1) is 5.73 Å². The van der Waals surface area contributed by atoms with Crippen molar-refractivity contribution in [3.05, 3.63) is 41.3 Å². The Morgan fingerprint density at radius 3 is 2.38 bits per heavy atom. The number of likely N-dealkylation sites (tertiary alicyclic amines) is 1. The van der Waals surface area contributed by atoms with E-state index in [1.165, 1.54) is 37.2 Å². The van der Waals surface area contributed by atoms with Crippen LogP contribution in [0.25, 0.3) is 0 Å². The van der Waals surface area contributed by atoms with Crippen LogP contribution >= 0.6 is 0 Å². The molecule has 1 rings (SSSR count). The zero-order valence-electron chi connectivity index (χ0n) is 10.8. The number of hydrogen-bond donors (Lipinski definition) is 0. The summed E-state index contributed by atoms with van der Waals surface area (Å²) in [7, 11) is 0. The van der Waals surface area contributed by atoms with Crippen molar-refractivity contribution in [1.29, 1.82) is 0 Å². The van der Waals surface area contributed by atoms with Crippen LogP contribution in [-0.2, 0) is 0 Å². The standard InChI is InChI=1S/C15H23N/c1-13(2)8-7-9-15(12-14(3)4)16-10-5-6-11-16/h7,12H,3,5-6,9-11H2,1-2,4H3. The van der Waals surface area contributed by atoms with E-state index < -0.39 is 0 Å². The topological polar surface area (TPSA) is 3.24 Å². The van der Waals surface area contributed by atoms with Crippen molar-refractivity contribution in [2.24, 2.45) is 0 Å². The predicted molar refractivity (Wildman–Crippen MR) is 71.3 cm³/mol. The SMILES string of the molecule is C=C(C)C=C(CC=C=C(C)C)N1CCCC1. The second kappa shape index (κ2) is 6.40. The molecule has 0 atom stereocenters. The van der Waals surface area contributed by atoms with Gasteiger partial charge in [0.1, 0.15) is 0 Å². The lowest BCUT2D eigenvalue weighted by atomic mass is 10.2. The van der Waals surface area contributed by atoms with Crippen LogP contribution in [0.15, 0.2) is 41.3 Å². The highest BCUT2D eigenvalue weighted by molar-refractivity contribution is 5.20. The molecular formula is C15H23N. The second-order valence-electron chi connectivity index (χ2n) is 4.73. The quantitative estimate of drug-likeness (QED) is 0.507. The van der Waals surface area contributed by atoms with E-state index in [1.807, 2.05) is 0 Å². The molecule has 1 heterocycles. The van der Waals surface area contributed by atoms with Crippen LogP contribution in [0.2, 0.25) is 0 Å². The average Bonchev–Trinajstić information content (AvgIpc) is 2.67. The smallest absolute Gasteiger partial charge is 0.0180 e. The van der Waals surface area contributed by atoms with Gasteiger partial charge in [0.05, 0.1) is 0 Å². The zero-order valence-corrected chi connectivity index (χ0v) is 10.8. The van der Waals surface area contributed by atoms with Gasteiger partial charge in [-0.25, -0.2) is 0 Å². The molecule has 16 heavy (non-hydrogen) atoms. The molecule has 1 heteroatoms. The monoisotopic (exact) mass is 217 g/mol. The van der Waals surface area contributed by atoms with Gasteiger partial charge in [0.25, 0.3) is 0 Å². The van der Waals surface area contributed by atoms with Crippen LogP contribution in [0.3, 0.4) is 0 Å². The molecule has 0 aromatic carbocycles. The van der Waals surface area contributed by atoms with E-state index in [0.717, 1.165) is 12.0 Å². The summed E-state index contributed by atoms with van der Waals surface area (Å²) in [4.78, 5) is 2.47. The summed E-state index contributed by atoms with van der Waals surface area (Å²) >= 11 is 0. The highest BCUT2D eigenvalue weighted by atomic mass is 15.1. The van der Waals surface area contributed by atoms with Crippen LogP contribution in [0.4, 0.5) is 0 Å². The van der Waals surface area contributed by atoms with E-state index in [9.17, 15) is 0 Å². The molecule has 1 saturated heterocycles. The first-order chi connectivity index (χ1) is 7.59. The molecule has 0 aliphatic carbocycles. The minimum absolute atomic E-state index is 0.970. The van der Waals surface area contributed by atoms with Gasteiger partial charge in [-0.3, -0.25) is 0 Å². The highest BCUT2D eigenvalue weighted by Gasteiger charge is 2.13. The second-order valence-corrected chi connectivity index (χ2v) is 4.73. The molecule has 0 aromatic rings. The maximum atomic E-state index is 3.97. The van der Waals surface area contributed by atoms with E-state index in [1.54, 1.807) is 0 Å². The Morgan fingerprint density at radius 1 is 1.25 bits per heavy atom. The highest BCUT2D eigenvalue weighted by Crippen LogP contribution is 2.19. The molecule has 0 bridgehead atoms. The van der Waals surface area contributed by atoms with Crippen molar-refractivity contribution in [3.63, 3.8) is 0 Å². The lowest BCUT2D eigenvalue weighted by Gasteiger charge is -2.20. The van der Waals surface area contributed by atoms with Gasteiger partial charge in [-0.05, 0) is 51.3 Å². The molecule has 88 valence electrons. The Labute approximate surface area is 99.8 Å². The molecule has 0 radical (unpaired) electrons. The van der Waals surface area contributed by atoms with E-state index in [4.69, 9.17) is 0 Å². The third-order valence-corrected chi connectivity index (χ3v) is 2.63. The van der Waals surface area contributed by atoms with Crippen LogP contribution in [-0.4, -0.2) is 18.0 Å². The van der Waals surface area contributed by atoms with Crippen molar-refractivity contribution >= 4 is 0 Å². The molecule has 1 aliphatic heterocycles. The van der Waals surface area contributed by atoms with Crippen LogP contribution < -0.4 is 0 Å². The molecule has 0 unspecified atom stereocenters. The van der Waals surface area contributed by atoms with Crippen molar-refractivity contribution in [3.8, 4) is 0 Å². The van der Waals surface area contributed by atoms with Crippen LogP contribution in [0.1, 0.15) is 40.0 Å². The fraction of sp³-hybridized carbons (Fsp3) is 0.533. The van der Waals surface area contributed by atoms with E-state index >= 15 is 0 Å². The van der Waals surface area contributed by atoms with Gasteiger partial charge < -0.3 is 4.90 Å². The normalized spacial score (nSPS) is 15.9. The maximum absolute atomic E-state index is 3.97. The van der Waals surface area contributed by atoms with E-state index in [0.29, 0.717) is 0 Å². The van der Waals surface area contributed by atoms with Crippen molar-refractivity contribution in [2.45, 2.75) is 40.0 Å². The van der Waals surface area contributed by atoms with Gasteiger partial charge in [0.15, 0.2) is 0 Å². The summed E-state index contributed by atoms with van der Waals surface area (Å²) in [5.74, 6) is 0. The Balaban J connectivity index is 2.72. The van der Waals surface area contributed by atoms with Gasteiger partial charge >= 0.3 is 0 Å². The first kappa shape index (κ1) is 12.9. The van der Waals surface area contributed by atoms with Gasteiger partial charge in [0.2, 0.25) is 0 Å². The van der Waals surface area contributed by atoms with Gasteiger partial charge in [-0.2, -0.15) is 0 Å². The number of rotatable bonds is 4. The molecule has 0 saturated carbocycles. The minimum Gasteiger partial charge on any atom is -0.375 e. The summed E-state index contributed by atoms with van der Waals surface area (Å²) in [5.41, 5.74) is 7.02. The summed E-state index contributed by atoms with van der Waals surface area (Å²) in [6.07, 6.45) is 7.94. The molecule has 0 aromatic heterocycles. The molecule has 0 N–H and O–H groups in total. The van der Waals surface area contributed by atoms with Gasteiger partial charge in [-0.1, -0.05) is 12.2 Å². The Morgan fingerprint density at radius 2 is 1.88 bits per heavy atom. The van der Waals surface area contributed by atoms with Gasteiger partial charge in [0, 0.05) is 25.2 Å². The zero-order chi connectivity index (χ0) is 12.0. The third-order valence-electron chi connectivity index (χ3n) is 2.63. The van der Waals surface area contributed by atoms with Crippen molar-refractivity contribution in [2.75, 3.05) is 13.1 Å². The van der Waals surface area contributed by atoms with E-state index in [-0.39, 0.29) is 0 Å². The maximum Gasteiger partial charge on any atom is 0.0180 e. The van der Waals surface area contributed by atoms with Crippen molar-refractivity contribution < 1.29 is 0 Å². The summed E-state index contributed by atoms with van der Waals surface area (Å²) in [6, 6.07) is 0. The Hall–Kier alpha value is -1.20. The predicted octanol–water partition coefficient (Wildman–Crippen LogP) is 4.05. The lowest BCUT2D eigenvalue weighted by molar-refractivity contribution is 0.418. The largest absolute Gasteiger partial charge is 0.375 e. The number of hydrogen-bond acceptors (Lipinski definition) is 1. The molecule has 0 amide bonds. The summed E-state index contributed by atoms with van der Waals surface area (Å²) < 4.78 is 0.